The Morgan fingerprint density at radius 1 is 0.796 bits per heavy atom. The summed E-state index contributed by atoms with van der Waals surface area (Å²) in [5, 5.41) is 48.0. The molecule has 2 aromatic rings. The van der Waals surface area contributed by atoms with Crippen LogP contribution in [0.3, 0.4) is 0 Å². The van der Waals surface area contributed by atoms with Gasteiger partial charge in [-0.1, -0.05) is 6.07 Å². The molecule has 1 aliphatic heterocycles. The number of carboxylic acids is 4. The number of benzene rings is 3. The lowest BCUT2D eigenvalue weighted by Crippen LogP contribution is -2.37. The lowest BCUT2D eigenvalue weighted by Gasteiger charge is -2.25. The first-order valence-electron chi connectivity index (χ1n) is 14.7. The van der Waals surface area contributed by atoms with Crippen LogP contribution in [-0.4, -0.2) is 114 Å². The zero-order valence-electron chi connectivity index (χ0n) is 26.5. The molecule has 260 valence electrons. The van der Waals surface area contributed by atoms with Gasteiger partial charge in [-0.2, -0.15) is 0 Å². The van der Waals surface area contributed by atoms with E-state index in [0.717, 1.165) is 4.90 Å². The smallest absolute Gasteiger partial charge is 0.323 e. The molecule has 0 fully saturated rings. The maximum absolute atomic E-state index is 12.5. The van der Waals surface area contributed by atoms with E-state index in [1.807, 2.05) is 0 Å². The molecule has 0 amide bonds. The van der Waals surface area contributed by atoms with Crippen molar-refractivity contribution in [3.8, 4) is 39.7 Å². The third-order valence-corrected chi connectivity index (χ3v) is 7.31. The highest BCUT2D eigenvalue weighted by atomic mass is 16.5. The molecule has 49 heavy (non-hydrogen) atoms. The summed E-state index contributed by atoms with van der Waals surface area (Å²) in [6, 6.07) is 10.6. The Morgan fingerprint density at radius 2 is 1.45 bits per heavy atom. The van der Waals surface area contributed by atoms with Gasteiger partial charge < -0.3 is 49.1 Å². The number of anilines is 1. The van der Waals surface area contributed by atoms with Gasteiger partial charge in [-0.25, -0.2) is 0 Å². The van der Waals surface area contributed by atoms with Gasteiger partial charge in [0.05, 0.1) is 39.1 Å². The Hall–Kier alpha value is -5.87. The van der Waals surface area contributed by atoms with Crippen molar-refractivity contribution in [1.29, 1.82) is 0 Å². The molecule has 4 rings (SSSR count). The van der Waals surface area contributed by atoms with Crippen LogP contribution in [0.15, 0.2) is 51.7 Å². The normalized spacial score (nSPS) is 11.2. The average molecular weight is 683 g/mol. The molecule has 16 heteroatoms. The lowest BCUT2D eigenvalue weighted by molar-refractivity contribution is -0.142. The van der Waals surface area contributed by atoms with Gasteiger partial charge in [-0.15, -0.1) is 0 Å². The van der Waals surface area contributed by atoms with E-state index in [9.17, 15) is 39.3 Å². The molecule has 0 saturated heterocycles. The van der Waals surface area contributed by atoms with Crippen molar-refractivity contribution in [2.24, 2.45) is 0 Å². The molecule has 0 saturated carbocycles. The van der Waals surface area contributed by atoms with Crippen LogP contribution < -0.4 is 19.8 Å². The van der Waals surface area contributed by atoms with Crippen molar-refractivity contribution in [3.05, 3.63) is 58.3 Å². The molecule has 0 radical (unpaired) electrons. The number of carboxylic acid groups (broad SMARTS) is 4. The van der Waals surface area contributed by atoms with Gasteiger partial charge in [-0.3, -0.25) is 28.9 Å². The van der Waals surface area contributed by atoms with E-state index in [4.69, 9.17) is 28.8 Å². The van der Waals surface area contributed by atoms with E-state index >= 15 is 0 Å². The van der Waals surface area contributed by atoms with Crippen LogP contribution in [0.5, 0.6) is 17.2 Å². The number of hydrogen-bond donors (Lipinski definition) is 5. The van der Waals surface area contributed by atoms with Gasteiger partial charge in [0.25, 0.3) is 0 Å². The standard InChI is InChI=1S/C33H34N2O14/c1-18-9-20-25(12-23(18)36)49-26-13-24(37)28(46-2)11-21(26)33(20)19-3-4-22(35(16-31(42)43)17-32(44)45)27(10-19)48-8-7-47-6-5-34(14-29(38)39)15-30(40)41/h3-4,9-13,37H,5-8,14-17H2,1-2H3,(H,38,39)(H,40,41)(H,42,43)(H,44,45). The largest absolute Gasteiger partial charge is 0.504 e. The van der Waals surface area contributed by atoms with Crippen molar-refractivity contribution in [1.82, 2.24) is 4.90 Å². The van der Waals surface area contributed by atoms with Crippen molar-refractivity contribution in [2.45, 2.75) is 6.92 Å². The highest BCUT2D eigenvalue weighted by Gasteiger charge is 2.24. The Labute approximate surface area is 278 Å². The summed E-state index contributed by atoms with van der Waals surface area (Å²) in [6.07, 6.45) is 0. The molecule has 0 bridgehead atoms. The minimum absolute atomic E-state index is 0.00700. The molecule has 2 aliphatic rings. The zero-order chi connectivity index (χ0) is 35.8. The van der Waals surface area contributed by atoms with Crippen LogP contribution in [0.2, 0.25) is 0 Å². The van der Waals surface area contributed by atoms with E-state index in [2.05, 4.69) is 0 Å². The second kappa shape index (κ2) is 15.8. The summed E-state index contributed by atoms with van der Waals surface area (Å²) in [4.78, 5) is 60.3. The SMILES string of the molecule is COc1cc2c(-c3ccc(N(CC(=O)O)CC(=O)O)c(OCCOCCN(CC(=O)O)CC(=O)O)c3)c3cc(C)c(=O)cc-3oc2cc1O. The van der Waals surface area contributed by atoms with Gasteiger partial charge in [-0.05, 0) is 42.3 Å². The molecular formula is C33H34N2O14. The molecule has 2 aromatic carbocycles. The van der Waals surface area contributed by atoms with Crippen LogP contribution in [0.25, 0.3) is 33.4 Å². The Bertz CT molecular complexity index is 1870. The monoisotopic (exact) mass is 682 g/mol. The maximum Gasteiger partial charge on any atom is 0.323 e. The predicted molar refractivity (Wildman–Crippen MR) is 173 cm³/mol. The van der Waals surface area contributed by atoms with Gasteiger partial charge >= 0.3 is 23.9 Å². The van der Waals surface area contributed by atoms with Gasteiger partial charge in [0.1, 0.15) is 36.8 Å². The summed E-state index contributed by atoms with van der Waals surface area (Å²) in [5.41, 5.74) is 2.10. The third-order valence-electron chi connectivity index (χ3n) is 7.31. The second-order valence-corrected chi connectivity index (χ2v) is 10.9. The van der Waals surface area contributed by atoms with E-state index in [1.165, 1.54) is 30.2 Å². The van der Waals surface area contributed by atoms with Crippen LogP contribution in [0.1, 0.15) is 5.56 Å². The summed E-state index contributed by atoms with van der Waals surface area (Å²) < 4.78 is 22.9. The zero-order valence-corrected chi connectivity index (χ0v) is 26.5. The number of phenols is 1. The van der Waals surface area contributed by atoms with Crippen molar-refractivity contribution in [3.63, 3.8) is 0 Å². The number of aryl methyl sites for hydroxylation is 1. The van der Waals surface area contributed by atoms with Crippen LogP contribution in [0.4, 0.5) is 5.69 Å². The number of ether oxygens (including phenoxy) is 3. The van der Waals surface area contributed by atoms with Crippen LogP contribution in [0, 0.1) is 6.92 Å². The number of methoxy groups -OCH3 is 1. The van der Waals surface area contributed by atoms with Gasteiger partial charge in [0.15, 0.2) is 16.9 Å². The summed E-state index contributed by atoms with van der Waals surface area (Å²) in [7, 11) is 1.38. The molecular weight excluding hydrogens is 648 g/mol. The molecule has 5 N–H and O–H groups in total. The van der Waals surface area contributed by atoms with E-state index in [0.29, 0.717) is 27.6 Å². The lowest BCUT2D eigenvalue weighted by atomic mass is 9.92. The van der Waals surface area contributed by atoms with E-state index in [1.54, 1.807) is 31.2 Å². The number of carbonyl (C=O) groups is 4. The number of aromatic hydroxyl groups is 1. The minimum Gasteiger partial charge on any atom is -0.504 e. The molecule has 1 heterocycles. The molecule has 0 aromatic heterocycles. The fourth-order valence-electron chi connectivity index (χ4n) is 5.22. The highest BCUT2D eigenvalue weighted by Crippen LogP contribution is 2.45. The molecule has 0 spiro atoms. The second-order valence-electron chi connectivity index (χ2n) is 10.9. The first-order chi connectivity index (χ1) is 23.3. The summed E-state index contributed by atoms with van der Waals surface area (Å²) in [6.45, 7) is -0.871. The van der Waals surface area contributed by atoms with E-state index < -0.39 is 50.1 Å². The molecule has 0 atom stereocenters. The average Bonchev–Trinajstić information content (AvgIpc) is 3.00. The summed E-state index contributed by atoms with van der Waals surface area (Å²) >= 11 is 0. The fourth-order valence-corrected chi connectivity index (χ4v) is 5.22. The number of fused-ring (bicyclic) bond motifs is 2. The number of nitrogens with zero attached hydrogens (tertiary/aromatic N) is 2. The van der Waals surface area contributed by atoms with Crippen LogP contribution >= 0.6 is 0 Å². The molecule has 1 aliphatic carbocycles. The quantitative estimate of drug-likeness (QED) is 0.0749. The number of aliphatic carboxylic acids is 4. The Kier molecular flexibility index (Phi) is 11.6. The van der Waals surface area contributed by atoms with Crippen LogP contribution in [-0.2, 0) is 23.9 Å². The molecule has 0 unspecified atom stereocenters. The van der Waals surface area contributed by atoms with Crippen molar-refractivity contribution >= 4 is 40.5 Å². The number of phenolic OH excluding ortho intramolecular Hbond substituents is 1. The minimum atomic E-state index is -1.29. The number of hydrogen-bond acceptors (Lipinski definition) is 12. The number of rotatable bonds is 18. The van der Waals surface area contributed by atoms with Crippen molar-refractivity contribution < 1.29 is 63.3 Å². The molecule has 16 nitrogen and oxygen atoms in total. The van der Waals surface area contributed by atoms with Gasteiger partial charge in [0.2, 0.25) is 0 Å². The van der Waals surface area contributed by atoms with Gasteiger partial charge in [0, 0.05) is 35.2 Å². The first kappa shape index (κ1) is 36.0. The Morgan fingerprint density at radius 3 is 2.06 bits per heavy atom. The summed E-state index contributed by atoms with van der Waals surface area (Å²) in [5.74, 6) is -4.72. The third kappa shape index (κ3) is 9.15. The predicted octanol–water partition coefficient (Wildman–Crippen LogP) is 2.43. The van der Waals surface area contributed by atoms with Crippen molar-refractivity contribution in [2.75, 3.05) is 64.6 Å². The highest BCUT2D eigenvalue weighted by molar-refractivity contribution is 6.03. The maximum atomic E-state index is 12.5. The Balaban J connectivity index is 1.75. The fraction of sp³-hybridized carbons (Fsp3) is 0.303. The van der Waals surface area contributed by atoms with E-state index in [-0.39, 0.29) is 66.1 Å². The topological polar surface area (TPSA) is 234 Å². The first-order valence-corrected chi connectivity index (χ1v) is 14.7.